The third-order valence-electron chi connectivity index (χ3n) is 4.88. The minimum Gasteiger partial charge on any atom is -0.491 e. The first-order chi connectivity index (χ1) is 12.3. The quantitative estimate of drug-likeness (QED) is 0.824. The SMILES string of the molecule is CC(C)(C)n1nc(C(=O)N2CCOc3ccc(F)cc3C2)cc1C1CC1. The number of nitrogens with zero attached hydrogens (tertiary/aromatic N) is 3. The molecule has 0 atom stereocenters. The minimum atomic E-state index is -0.324. The average molecular weight is 357 g/mol. The summed E-state index contributed by atoms with van der Waals surface area (Å²) in [5.41, 5.74) is 2.11. The van der Waals surface area contributed by atoms with E-state index in [1.54, 1.807) is 11.0 Å². The van der Waals surface area contributed by atoms with Crippen molar-refractivity contribution < 1.29 is 13.9 Å². The maximum atomic E-state index is 13.6. The summed E-state index contributed by atoms with van der Waals surface area (Å²) < 4.78 is 21.2. The topological polar surface area (TPSA) is 47.4 Å². The number of carbonyl (C=O) groups excluding carboxylic acids is 1. The first-order valence-corrected chi connectivity index (χ1v) is 9.14. The van der Waals surface area contributed by atoms with Crippen molar-refractivity contribution in [3.05, 3.63) is 47.0 Å². The van der Waals surface area contributed by atoms with E-state index < -0.39 is 0 Å². The molecule has 1 aliphatic carbocycles. The molecule has 0 N–H and O–H groups in total. The largest absolute Gasteiger partial charge is 0.491 e. The zero-order valence-corrected chi connectivity index (χ0v) is 15.5. The number of benzene rings is 1. The van der Waals surface area contributed by atoms with Gasteiger partial charge in [-0.15, -0.1) is 0 Å². The van der Waals surface area contributed by atoms with Crippen LogP contribution in [-0.4, -0.2) is 33.7 Å². The predicted molar refractivity (Wildman–Crippen MR) is 95.8 cm³/mol. The summed E-state index contributed by atoms with van der Waals surface area (Å²) in [5, 5.41) is 4.63. The minimum absolute atomic E-state index is 0.129. The Hall–Kier alpha value is -2.37. The van der Waals surface area contributed by atoms with E-state index >= 15 is 0 Å². The molecular weight excluding hydrogens is 333 g/mol. The molecule has 1 amide bonds. The maximum Gasteiger partial charge on any atom is 0.274 e. The Balaban J connectivity index is 1.63. The molecule has 0 saturated heterocycles. The summed E-state index contributed by atoms with van der Waals surface area (Å²) in [4.78, 5) is 14.8. The summed E-state index contributed by atoms with van der Waals surface area (Å²) in [6.07, 6.45) is 2.30. The highest BCUT2D eigenvalue weighted by Crippen LogP contribution is 2.42. The number of hydrogen-bond donors (Lipinski definition) is 0. The normalized spacial score (nSPS) is 17.5. The molecule has 2 aromatic rings. The van der Waals surface area contributed by atoms with Crippen molar-refractivity contribution in [2.24, 2.45) is 0 Å². The van der Waals surface area contributed by atoms with Crippen LogP contribution < -0.4 is 4.74 Å². The molecule has 0 radical (unpaired) electrons. The Labute approximate surface area is 152 Å². The van der Waals surface area contributed by atoms with Gasteiger partial charge in [-0.3, -0.25) is 9.48 Å². The predicted octanol–water partition coefficient (Wildman–Crippen LogP) is 3.69. The van der Waals surface area contributed by atoms with E-state index in [1.165, 1.54) is 12.1 Å². The zero-order chi connectivity index (χ0) is 18.5. The third-order valence-corrected chi connectivity index (χ3v) is 4.88. The van der Waals surface area contributed by atoms with Crippen molar-refractivity contribution in [3.8, 4) is 5.75 Å². The van der Waals surface area contributed by atoms with Crippen molar-refractivity contribution in [1.82, 2.24) is 14.7 Å². The van der Waals surface area contributed by atoms with E-state index in [0.29, 0.717) is 42.6 Å². The van der Waals surface area contributed by atoms with Crippen molar-refractivity contribution in [2.75, 3.05) is 13.2 Å². The number of rotatable bonds is 2. The van der Waals surface area contributed by atoms with Gasteiger partial charge in [-0.2, -0.15) is 5.10 Å². The summed E-state index contributed by atoms with van der Waals surface area (Å²) >= 11 is 0. The van der Waals surface area contributed by atoms with Crippen LogP contribution in [0.1, 0.15) is 61.3 Å². The molecule has 2 heterocycles. The average Bonchev–Trinajstić information content (AvgIpc) is 3.35. The van der Waals surface area contributed by atoms with Gasteiger partial charge in [-0.1, -0.05) is 0 Å². The van der Waals surface area contributed by atoms with Crippen LogP contribution >= 0.6 is 0 Å². The number of halogens is 1. The van der Waals surface area contributed by atoms with E-state index in [2.05, 4.69) is 25.9 Å². The number of amides is 1. The number of carbonyl (C=O) groups is 1. The molecule has 6 heteroatoms. The van der Waals surface area contributed by atoms with E-state index in [1.807, 2.05) is 10.7 Å². The van der Waals surface area contributed by atoms with Gasteiger partial charge < -0.3 is 9.64 Å². The molecule has 1 aromatic carbocycles. The highest BCUT2D eigenvalue weighted by molar-refractivity contribution is 5.92. The molecule has 2 aliphatic rings. The van der Waals surface area contributed by atoms with Gasteiger partial charge in [-0.05, 0) is 57.9 Å². The molecule has 138 valence electrons. The lowest BCUT2D eigenvalue weighted by Gasteiger charge is -2.22. The molecule has 1 saturated carbocycles. The van der Waals surface area contributed by atoms with Crippen LogP contribution in [0, 0.1) is 5.82 Å². The lowest BCUT2D eigenvalue weighted by molar-refractivity contribution is 0.0725. The molecular formula is C20H24FN3O2. The van der Waals surface area contributed by atoms with Gasteiger partial charge in [0.2, 0.25) is 0 Å². The molecule has 5 nitrogen and oxygen atoms in total. The van der Waals surface area contributed by atoms with Crippen LogP contribution in [0.25, 0.3) is 0 Å². The smallest absolute Gasteiger partial charge is 0.274 e. The molecule has 26 heavy (non-hydrogen) atoms. The fraction of sp³-hybridized carbons (Fsp3) is 0.500. The number of hydrogen-bond acceptors (Lipinski definition) is 3. The molecule has 0 unspecified atom stereocenters. The van der Waals surface area contributed by atoms with Gasteiger partial charge >= 0.3 is 0 Å². The summed E-state index contributed by atoms with van der Waals surface area (Å²) in [6, 6.07) is 6.37. The number of aromatic nitrogens is 2. The Morgan fingerprint density at radius 2 is 2.04 bits per heavy atom. The standard InChI is InChI=1S/C20H24FN3O2/c1-20(2,3)24-17(13-4-5-13)11-16(22-24)19(25)23-8-9-26-18-7-6-15(21)10-14(18)12-23/h6-7,10-11,13H,4-5,8-9,12H2,1-3H3. The lowest BCUT2D eigenvalue weighted by Crippen LogP contribution is -2.33. The first kappa shape index (κ1) is 17.1. The first-order valence-electron chi connectivity index (χ1n) is 9.14. The van der Waals surface area contributed by atoms with Crippen molar-refractivity contribution in [1.29, 1.82) is 0 Å². The van der Waals surface area contributed by atoms with Gasteiger partial charge in [0.05, 0.1) is 12.1 Å². The van der Waals surface area contributed by atoms with E-state index in [9.17, 15) is 9.18 Å². The van der Waals surface area contributed by atoms with Crippen LogP contribution in [0.3, 0.4) is 0 Å². The zero-order valence-electron chi connectivity index (χ0n) is 15.5. The molecule has 1 aliphatic heterocycles. The van der Waals surface area contributed by atoms with E-state index in [0.717, 1.165) is 18.5 Å². The Bertz CT molecular complexity index is 849. The summed E-state index contributed by atoms with van der Waals surface area (Å²) in [5.74, 6) is 0.691. The van der Waals surface area contributed by atoms with Crippen LogP contribution in [0.4, 0.5) is 4.39 Å². The summed E-state index contributed by atoms with van der Waals surface area (Å²) in [6.45, 7) is 7.46. The van der Waals surface area contributed by atoms with Gasteiger partial charge in [0.25, 0.3) is 5.91 Å². The summed E-state index contributed by atoms with van der Waals surface area (Å²) in [7, 11) is 0. The second kappa shape index (κ2) is 6.11. The van der Waals surface area contributed by atoms with Crippen LogP contribution in [0.15, 0.2) is 24.3 Å². The highest BCUT2D eigenvalue weighted by Gasteiger charge is 2.33. The van der Waals surface area contributed by atoms with Gasteiger partial charge in [0.1, 0.15) is 18.2 Å². The number of ether oxygens (including phenoxy) is 1. The van der Waals surface area contributed by atoms with Crippen LogP contribution in [-0.2, 0) is 12.1 Å². The van der Waals surface area contributed by atoms with Gasteiger partial charge in [0, 0.05) is 23.7 Å². The third kappa shape index (κ3) is 3.20. The highest BCUT2D eigenvalue weighted by atomic mass is 19.1. The second-order valence-corrected chi connectivity index (χ2v) is 8.14. The van der Waals surface area contributed by atoms with E-state index in [-0.39, 0.29) is 17.3 Å². The van der Waals surface area contributed by atoms with Crippen LogP contribution in [0.5, 0.6) is 5.75 Å². The van der Waals surface area contributed by atoms with E-state index in [4.69, 9.17) is 4.74 Å². The van der Waals surface area contributed by atoms with Crippen molar-refractivity contribution >= 4 is 5.91 Å². The maximum absolute atomic E-state index is 13.6. The molecule has 4 rings (SSSR count). The van der Waals surface area contributed by atoms with Crippen LogP contribution in [0.2, 0.25) is 0 Å². The fourth-order valence-corrected chi connectivity index (χ4v) is 3.41. The number of fused-ring (bicyclic) bond motifs is 1. The molecule has 0 bridgehead atoms. The van der Waals surface area contributed by atoms with Gasteiger partial charge in [0.15, 0.2) is 5.69 Å². The lowest BCUT2D eigenvalue weighted by atomic mass is 10.1. The monoisotopic (exact) mass is 357 g/mol. The second-order valence-electron chi connectivity index (χ2n) is 8.14. The molecule has 1 aromatic heterocycles. The Kier molecular flexibility index (Phi) is 4.01. The fourth-order valence-electron chi connectivity index (χ4n) is 3.41. The van der Waals surface area contributed by atoms with Crippen molar-refractivity contribution in [2.45, 2.75) is 51.6 Å². The van der Waals surface area contributed by atoms with Crippen molar-refractivity contribution in [3.63, 3.8) is 0 Å². The Morgan fingerprint density at radius 3 is 2.73 bits per heavy atom. The Morgan fingerprint density at radius 1 is 1.27 bits per heavy atom. The molecule has 1 fully saturated rings. The molecule has 0 spiro atoms. The van der Waals surface area contributed by atoms with Gasteiger partial charge in [-0.25, -0.2) is 4.39 Å².